The van der Waals surface area contributed by atoms with Crippen LogP contribution < -0.4 is 0 Å². The van der Waals surface area contributed by atoms with E-state index in [1.54, 1.807) is 22.9 Å². The summed E-state index contributed by atoms with van der Waals surface area (Å²) in [5, 5.41) is 13.9. The number of benzene rings is 1. The molecule has 2 heterocycles. The first kappa shape index (κ1) is 12.0. The van der Waals surface area contributed by atoms with Gasteiger partial charge in [-0.3, -0.25) is 4.68 Å². The van der Waals surface area contributed by atoms with E-state index in [2.05, 4.69) is 21.0 Å². The number of para-hydroxylation sites is 1. The summed E-state index contributed by atoms with van der Waals surface area (Å²) in [5.41, 5.74) is 0.827. The van der Waals surface area contributed by atoms with Crippen LogP contribution >= 0.6 is 15.9 Å². The molecule has 0 amide bonds. The van der Waals surface area contributed by atoms with Crippen molar-refractivity contribution in [1.82, 2.24) is 9.78 Å². The first-order valence-electron chi connectivity index (χ1n) is 5.58. The Morgan fingerprint density at radius 1 is 1.32 bits per heavy atom. The predicted octanol–water partition coefficient (Wildman–Crippen LogP) is 3.14. The number of fused-ring (bicyclic) bond motifs is 1. The first-order valence-corrected chi connectivity index (χ1v) is 6.37. The van der Waals surface area contributed by atoms with E-state index in [9.17, 15) is 4.79 Å². The third-order valence-electron chi connectivity index (χ3n) is 2.79. The van der Waals surface area contributed by atoms with E-state index >= 15 is 0 Å². The van der Waals surface area contributed by atoms with Gasteiger partial charge in [-0.1, -0.05) is 18.2 Å². The van der Waals surface area contributed by atoms with Crippen molar-refractivity contribution >= 4 is 32.8 Å². The number of aromatic nitrogens is 2. The third kappa shape index (κ3) is 2.15. The molecular formula is C13H9BrN2O3. The number of nitrogens with zero attached hydrogens (tertiary/aromatic N) is 2. The number of rotatable bonds is 3. The van der Waals surface area contributed by atoms with Gasteiger partial charge in [0.2, 0.25) is 0 Å². The summed E-state index contributed by atoms with van der Waals surface area (Å²) in [4.78, 5) is 11.2. The number of aromatic carboxylic acids is 1. The van der Waals surface area contributed by atoms with Gasteiger partial charge in [-0.05, 0) is 34.1 Å². The van der Waals surface area contributed by atoms with Gasteiger partial charge in [0.05, 0.1) is 12.1 Å². The highest BCUT2D eigenvalue weighted by atomic mass is 79.9. The second-order valence-corrected chi connectivity index (χ2v) is 4.82. The van der Waals surface area contributed by atoms with E-state index in [0.29, 0.717) is 22.4 Å². The van der Waals surface area contributed by atoms with Crippen LogP contribution in [0.4, 0.5) is 0 Å². The predicted molar refractivity (Wildman–Crippen MR) is 72.2 cm³/mol. The molecular weight excluding hydrogens is 312 g/mol. The van der Waals surface area contributed by atoms with Crippen LogP contribution in [0.2, 0.25) is 0 Å². The lowest BCUT2D eigenvalue weighted by Gasteiger charge is -1.99. The minimum atomic E-state index is -1.03. The lowest BCUT2D eigenvalue weighted by molar-refractivity contribution is 0.0691. The normalized spacial score (nSPS) is 11.0. The van der Waals surface area contributed by atoms with Gasteiger partial charge in [-0.2, -0.15) is 5.10 Å². The summed E-state index contributed by atoms with van der Waals surface area (Å²) >= 11 is 3.23. The van der Waals surface area contributed by atoms with Gasteiger partial charge in [0.15, 0.2) is 10.4 Å². The van der Waals surface area contributed by atoms with Crippen LogP contribution in [0.5, 0.6) is 0 Å². The SMILES string of the molecule is O=C(O)c1nn(Cc2ccc(Br)o2)c2ccccc12. The molecule has 1 aromatic carbocycles. The molecule has 3 aromatic rings. The summed E-state index contributed by atoms with van der Waals surface area (Å²) < 4.78 is 7.68. The minimum Gasteiger partial charge on any atom is -0.476 e. The van der Waals surface area contributed by atoms with E-state index in [1.807, 2.05) is 18.2 Å². The van der Waals surface area contributed by atoms with E-state index < -0.39 is 5.97 Å². The Hall–Kier alpha value is -2.08. The van der Waals surface area contributed by atoms with Crippen molar-refractivity contribution in [2.24, 2.45) is 0 Å². The maximum absolute atomic E-state index is 11.2. The summed E-state index contributed by atoms with van der Waals surface area (Å²) in [6.45, 7) is 0.388. The Labute approximate surface area is 116 Å². The minimum absolute atomic E-state index is 0.0567. The van der Waals surface area contributed by atoms with Crippen LogP contribution in [0.15, 0.2) is 45.5 Å². The molecule has 0 aliphatic carbocycles. The first-order chi connectivity index (χ1) is 9.15. The number of carboxylic acid groups (broad SMARTS) is 1. The molecule has 0 unspecified atom stereocenters. The van der Waals surface area contributed by atoms with Crippen molar-refractivity contribution in [3.05, 3.63) is 52.5 Å². The number of carboxylic acids is 1. The highest BCUT2D eigenvalue weighted by Crippen LogP contribution is 2.21. The molecule has 3 rings (SSSR count). The molecule has 0 aliphatic heterocycles. The van der Waals surface area contributed by atoms with Crippen LogP contribution in [0, 0.1) is 0 Å². The molecule has 5 nitrogen and oxygen atoms in total. The van der Waals surface area contributed by atoms with Crippen LogP contribution in [0.25, 0.3) is 10.9 Å². The number of furan rings is 1. The molecule has 0 spiro atoms. The second-order valence-electron chi connectivity index (χ2n) is 4.03. The van der Waals surface area contributed by atoms with Gasteiger partial charge >= 0.3 is 5.97 Å². The smallest absolute Gasteiger partial charge is 0.357 e. The Bertz CT molecular complexity index is 760. The van der Waals surface area contributed by atoms with Crippen LogP contribution in [0.1, 0.15) is 16.2 Å². The van der Waals surface area contributed by atoms with E-state index in [-0.39, 0.29) is 5.69 Å². The van der Waals surface area contributed by atoms with Crippen LogP contribution in [0.3, 0.4) is 0 Å². The Kier molecular flexibility index (Phi) is 2.87. The average molecular weight is 321 g/mol. The summed E-state index contributed by atoms with van der Waals surface area (Å²) in [6, 6.07) is 10.8. The largest absolute Gasteiger partial charge is 0.476 e. The molecule has 0 bridgehead atoms. The number of halogens is 1. The zero-order chi connectivity index (χ0) is 13.4. The summed E-state index contributed by atoms with van der Waals surface area (Å²) in [7, 11) is 0. The van der Waals surface area contributed by atoms with Crippen molar-refractivity contribution < 1.29 is 14.3 Å². The lowest BCUT2D eigenvalue weighted by atomic mass is 10.2. The maximum atomic E-state index is 11.2. The van der Waals surface area contributed by atoms with Gasteiger partial charge in [0, 0.05) is 5.39 Å². The van der Waals surface area contributed by atoms with Crippen LogP contribution in [-0.4, -0.2) is 20.9 Å². The quantitative estimate of drug-likeness (QED) is 0.805. The van der Waals surface area contributed by atoms with Crippen molar-refractivity contribution in [3.8, 4) is 0 Å². The fourth-order valence-electron chi connectivity index (χ4n) is 1.99. The third-order valence-corrected chi connectivity index (χ3v) is 3.22. The molecule has 0 fully saturated rings. The van der Waals surface area contributed by atoms with Gasteiger partial charge in [-0.25, -0.2) is 4.79 Å². The van der Waals surface area contributed by atoms with Crippen molar-refractivity contribution in [3.63, 3.8) is 0 Å². The fraction of sp³-hybridized carbons (Fsp3) is 0.0769. The molecule has 0 saturated carbocycles. The van der Waals surface area contributed by atoms with Gasteiger partial charge in [-0.15, -0.1) is 0 Å². The van der Waals surface area contributed by atoms with Crippen molar-refractivity contribution in [1.29, 1.82) is 0 Å². The Morgan fingerprint density at radius 2 is 2.11 bits per heavy atom. The monoisotopic (exact) mass is 320 g/mol. The number of hydrogen-bond acceptors (Lipinski definition) is 3. The molecule has 2 aromatic heterocycles. The topological polar surface area (TPSA) is 68.3 Å². The number of carbonyl (C=O) groups is 1. The highest BCUT2D eigenvalue weighted by molar-refractivity contribution is 9.10. The summed E-state index contributed by atoms with van der Waals surface area (Å²) in [6.07, 6.45) is 0. The standard InChI is InChI=1S/C13H9BrN2O3/c14-11-6-5-8(19-11)7-16-10-4-2-1-3-9(10)12(15-16)13(17)18/h1-6H,7H2,(H,17,18). The molecule has 0 aliphatic rings. The molecule has 6 heteroatoms. The molecule has 0 radical (unpaired) electrons. The van der Waals surface area contributed by atoms with Gasteiger partial charge in [0.1, 0.15) is 5.76 Å². The van der Waals surface area contributed by atoms with Crippen molar-refractivity contribution in [2.75, 3.05) is 0 Å². The van der Waals surface area contributed by atoms with E-state index in [1.165, 1.54) is 0 Å². The zero-order valence-electron chi connectivity index (χ0n) is 9.71. The van der Waals surface area contributed by atoms with Gasteiger partial charge < -0.3 is 9.52 Å². The Balaban J connectivity index is 2.11. The summed E-state index contributed by atoms with van der Waals surface area (Å²) in [5.74, 6) is -0.326. The Morgan fingerprint density at radius 3 is 2.79 bits per heavy atom. The zero-order valence-corrected chi connectivity index (χ0v) is 11.3. The maximum Gasteiger partial charge on any atom is 0.357 e. The molecule has 0 saturated heterocycles. The molecule has 19 heavy (non-hydrogen) atoms. The molecule has 0 atom stereocenters. The number of hydrogen-bond donors (Lipinski definition) is 1. The fourth-order valence-corrected chi connectivity index (χ4v) is 2.33. The van der Waals surface area contributed by atoms with E-state index in [0.717, 1.165) is 5.52 Å². The average Bonchev–Trinajstić information content (AvgIpc) is 2.95. The second kappa shape index (κ2) is 4.55. The van der Waals surface area contributed by atoms with Gasteiger partial charge in [0.25, 0.3) is 0 Å². The lowest BCUT2D eigenvalue weighted by Crippen LogP contribution is -2.03. The van der Waals surface area contributed by atoms with Crippen LogP contribution in [-0.2, 0) is 6.54 Å². The molecule has 96 valence electrons. The molecule has 1 N–H and O–H groups in total. The highest BCUT2D eigenvalue weighted by Gasteiger charge is 2.16. The van der Waals surface area contributed by atoms with Crippen molar-refractivity contribution in [2.45, 2.75) is 6.54 Å². The van der Waals surface area contributed by atoms with E-state index in [4.69, 9.17) is 9.52 Å².